The second kappa shape index (κ2) is 10.7. The molecule has 3 rings (SSSR count). The zero-order valence-corrected chi connectivity index (χ0v) is 17.2. The lowest BCUT2D eigenvalue weighted by molar-refractivity contribution is -0.137. The van der Waals surface area contributed by atoms with Crippen molar-refractivity contribution in [2.75, 3.05) is 11.9 Å². The van der Waals surface area contributed by atoms with Crippen LogP contribution in [0.2, 0.25) is 0 Å². The molecule has 0 aliphatic rings. The Balaban J connectivity index is 1.65. The summed E-state index contributed by atoms with van der Waals surface area (Å²) in [6.07, 6.45) is 1.72. The first kappa shape index (κ1) is 22.4. The summed E-state index contributed by atoms with van der Waals surface area (Å²) in [5.41, 5.74) is 4.63. The van der Waals surface area contributed by atoms with Gasteiger partial charge in [0.15, 0.2) is 0 Å². The van der Waals surface area contributed by atoms with E-state index in [1.54, 1.807) is 30.3 Å². The second-order valence-corrected chi connectivity index (χ2v) is 6.96. The molecule has 0 radical (unpaired) electrons. The van der Waals surface area contributed by atoms with Crippen molar-refractivity contribution in [1.29, 1.82) is 0 Å². The zero-order chi connectivity index (χ0) is 22.9. The van der Waals surface area contributed by atoms with Crippen LogP contribution in [0.3, 0.4) is 0 Å². The minimum absolute atomic E-state index is 0.0291. The molecule has 9 nitrogen and oxygen atoms in total. The summed E-state index contributed by atoms with van der Waals surface area (Å²) in [4.78, 5) is 39.7. The van der Waals surface area contributed by atoms with Crippen molar-refractivity contribution in [2.24, 2.45) is 10.8 Å². The number of benzene rings is 3. The van der Waals surface area contributed by atoms with E-state index in [9.17, 15) is 14.4 Å². The van der Waals surface area contributed by atoms with Crippen LogP contribution in [0.4, 0.5) is 11.4 Å². The number of carbonyl (C=O) groups excluding carboxylic acids is 2. The molecule has 0 fully saturated rings. The van der Waals surface area contributed by atoms with Crippen molar-refractivity contribution in [3.8, 4) is 0 Å². The van der Waals surface area contributed by atoms with Crippen LogP contribution in [0.5, 0.6) is 0 Å². The van der Waals surface area contributed by atoms with Gasteiger partial charge in [-0.05, 0) is 47.7 Å². The third-order valence-electron chi connectivity index (χ3n) is 4.65. The maximum atomic E-state index is 12.5. The summed E-state index contributed by atoms with van der Waals surface area (Å²) < 4.78 is 0. The van der Waals surface area contributed by atoms with Gasteiger partial charge in [0.2, 0.25) is 5.91 Å². The Bertz CT molecular complexity index is 1180. The number of aliphatic imine (C=N–C) groups is 1. The Morgan fingerprint density at radius 1 is 1.03 bits per heavy atom. The predicted molar refractivity (Wildman–Crippen MR) is 123 cm³/mol. The SMILES string of the molecule is NNC=Nc1cccc(C(=O)NCC(=O)Nc2cccc3ccc(CCC(=O)O)cc23)c1. The first-order chi connectivity index (χ1) is 15.5. The van der Waals surface area contributed by atoms with E-state index in [0.717, 1.165) is 16.3 Å². The molecule has 6 N–H and O–H groups in total. The Labute approximate surface area is 184 Å². The number of nitrogens with zero attached hydrogens (tertiary/aromatic N) is 1. The Hall–Kier alpha value is -4.24. The Kier molecular flexibility index (Phi) is 7.50. The molecule has 0 saturated carbocycles. The van der Waals surface area contributed by atoms with Gasteiger partial charge >= 0.3 is 5.97 Å². The van der Waals surface area contributed by atoms with Crippen molar-refractivity contribution in [3.63, 3.8) is 0 Å². The lowest BCUT2D eigenvalue weighted by Crippen LogP contribution is -2.32. The first-order valence-corrected chi connectivity index (χ1v) is 9.86. The Morgan fingerprint density at radius 2 is 1.84 bits per heavy atom. The fraction of sp³-hybridized carbons (Fsp3) is 0.130. The number of fused-ring (bicyclic) bond motifs is 1. The molecule has 0 spiro atoms. The largest absolute Gasteiger partial charge is 0.481 e. The molecule has 0 heterocycles. The summed E-state index contributed by atoms with van der Waals surface area (Å²) in [6, 6.07) is 17.7. The van der Waals surface area contributed by atoms with Gasteiger partial charge < -0.3 is 21.2 Å². The number of hydrazine groups is 1. The number of carboxylic acid groups (broad SMARTS) is 1. The van der Waals surface area contributed by atoms with E-state index >= 15 is 0 Å². The van der Waals surface area contributed by atoms with Gasteiger partial charge in [-0.1, -0.05) is 30.3 Å². The van der Waals surface area contributed by atoms with Crippen molar-refractivity contribution < 1.29 is 19.5 Å². The van der Waals surface area contributed by atoms with Gasteiger partial charge in [0, 0.05) is 23.1 Å². The standard InChI is InChI=1S/C23H23N5O4/c24-27-14-26-18-5-1-4-17(12-18)23(32)25-13-21(29)28-20-6-2-3-16-9-7-15(11-19(16)20)8-10-22(30)31/h1-7,9,11-12,14H,8,10,13,24H2,(H,25,32)(H,26,27)(H,28,29)(H,30,31). The van der Waals surface area contributed by atoms with E-state index < -0.39 is 11.9 Å². The highest BCUT2D eigenvalue weighted by Gasteiger charge is 2.11. The zero-order valence-electron chi connectivity index (χ0n) is 17.2. The number of nitrogens with two attached hydrogens (primary N) is 1. The number of aliphatic carboxylic acids is 1. The smallest absolute Gasteiger partial charge is 0.303 e. The van der Waals surface area contributed by atoms with Crippen LogP contribution >= 0.6 is 0 Å². The Morgan fingerprint density at radius 3 is 2.62 bits per heavy atom. The number of hydrogen-bond donors (Lipinski definition) is 5. The maximum absolute atomic E-state index is 12.5. The van der Waals surface area contributed by atoms with Gasteiger partial charge in [0.05, 0.1) is 12.2 Å². The number of aryl methyl sites for hydroxylation is 1. The number of nitrogens with one attached hydrogen (secondary N) is 3. The van der Waals surface area contributed by atoms with E-state index in [1.807, 2.05) is 30.3 Å². The predicted octanol–water partition coefficient (Wildman–Crippen LogP) is 2.35. The third kappa shape index (κ3) is 6.13. The number of carboxylic acids is 1. The van der Waals surface area contributed by atoms with Gasteiger partial charge in [0.1, 0.15) is 6.34 Å². The molecule has 0 aliphatic heterocycles. The van der Waals surface area contributed by atoms with Crippen molar-refractivity contribution >= 4 is 46.3 Å². The van der Waals surface area contributed by atoms with Crippen LogP contribution in [0.25, 0.3) is 10.8 Å². The highest BCUT2D eigenvalue weighted by atomic mass is 16.4. The fourth-order valence-electron chi connectivity index (χ4n) is 3.13. The molecule has 0 atom stereocenters. The molecule has 32 heavy (non-hydrogen) atoms. The van der Waals surface area contributed by atoms with Crippen LogP contribution in [0, 0.1) is 0 Å². The number of rotatable bonds is 9. The molecule has 0 saturated heterocycles. The van der Waals surface area contributed by atoms with Gasteiger partial charge in [-0.25, -0.2) is 10.8 Å². The van der Waals surface area contributed by atoms with E-state index in [0.29, 0.717) is 23.4 Å². The number of amides is 2. The molecule has 0 unspecified atom stereocenters. The quantitative estimate of drug-likeness (QED) is 0.152. The highest BCUT2D eigenvalue weighted by Crippen LogP contribution is 2.25. The molecule has 0 aromatic heterocycles. The summed E-state index contributed by atoms with van der Waals surface area (Å²) in [5, 5.41) is 16.0. The van der Waals surface area contributed by atoms with Crippen LogP contribution in [-0.2, 0) is 16.0 Å². The van der Waals surface area contributed by atoms with Gasteiger partial charge in [0.25, 0.3) is 5.91 Å². The van der Waals surface area contributed by atoms with E-state index in [1.165, 1.54) is 6.34 Å². The molecule has 3 aromatic carbocycles. The van der Waals surface area contributed by atoms with Crippen molar-refractivity contribution in [2.45, 2.75) is 12.8 Å². The lowest BCUT2D eigenvalue weighted by Gasteiger charge is -2.11. The van der Waals surface area contributed by atoms with Crippen molar-refractivity contribution in [3.05, 3.63) is 71.8 Å². The summed E-state index contributed by atoms with van der Waals surface area (Å²) in [6.45, 7) is -0.216. The van der Waals surface area contributed by atoms with Gasteiger partial charge in [-0.15, -0.1) is 0 Å². The van der Waals surface area contributed by atoms with Crippen LogP contribution < -0.4 is 21.9 Å². The second-order valence-electron chi connectivity index (χ2n) is 6.96. The average Bonchev–Trinajstić information content (AvgIpc) is 2.80. The molecular weight excluding hydrogens is 410 g/mol. The normalized spacial score (nSPS) is 10.8. The third-order valence-corrected chi connectivity index (χ3v) is 4.65. The average molecular weight is 433 g/mol. The highest BCUT2D eigenvalue weighted by molar-refractivity contribution is 6.04. The minimum Gasteiger partial charge on any atom is -0.481 e. The maximum Gasteiger partial charge on any atom is 0.303 e. The molecule has 2 amide bonds. The molecule has 0 bridgehead atoms. The fourth-order valence-corrected chi connectivity index (χ4v) is 3.13. The first-order valence-electron chi connectivity index (χ1n) is 9.86. The summed E-state index contributed by atoms with van der Waals surface area (Å²) >= 11 is 0. The summed E-state index contributed by atoms with van der Waals surface area (Å²) in [7, 11) is 0. The topological polar surface area (TPSA) is 146 Å². The van der Waals surface area contributed by atoms with Crippen LogP contribution in [-0.4, -0.2) is 35.8 Å². The van der Waals surface area contributed by atoms with Crippen molar-refractivity contribution in [1.82, 2.24) is 10.7 Å². The number of hydrogen-bond acceptors (Lipinski definition) is 5. The van der Waals surface area contributed by atoms with Gasteiger partial charge in [-0.2, -0.15) is 0 Å². The van der Waals surface area contributed by atoms with E-state index in [4.69, 9.17) is 10.9 Å². The summed E-state index contributed by atoms with van der Waals surface area (Å²) in [5.74, 6) is 3.48. The van der Waals surface area contributed by atoms with E-state index in [-0.39, 0.29) is 18.9 Å². The molecule has 9 heteroatoms. The number of anilines is 1. The van der Waals surface area contributed by atoms with E-state index in [2.05, 4.69) is 21.1 Å². The van der Waals surface area contributed by atoms with Gasteiger partial charge in [-0.3, -0.25) is 14.4 Å². The van der Waals surface area contributed by atoms with Crippen LogP contribution in [0.15, 0.2) is 65.7 Å². The molecule has 3 aromatic rings. The minimum atomic E-state index is -0.865. The van der Waals surface area contributed by atoms with Crippen LogP contribution in [0.1, 0.15) is 22.3 Å². The monoisotopic (exact) mass is 433 g/mol. The number of carbonyl (C=O) groups is 3. The molecule has 164 valence electrons. The molecule has 0 aliphatic carbocycles. The lowest BCUT2D eigenvalue weighted by atomic mass is 10.0. The molecular formula is C23H23N5O4.